The highest BCUT2D eigenvalue weighted by atomic mass is 28.3. The summed E-state index contributed by atoms with van der Waals surface area (Å²) in [6.45, 7) is 31.7. The standard InChI is InChI=1S/C52H66O4Si2/c1-29(2)57(30(3)4,31(5)6)45-25-35(13)23-41(49(45)53)43-27-37-19-15-17-21-39(37)47(51(43)55)48-40-22-18-16-20-38(40)28-44(52(48)56)42-24-36(14)26-46(50(42)54)58(32(7)8,33(9)10)34(11)12/h15-34,53-56H,1-14H3. The van der Waals surface area contributed by atoms with Crippen molar-refractivity contribution in [2.45, 2.75) is 130 Å². The third kappa shape index (κ3) is 6.55. The predicted molar refractivity (Wildman–Crippen MR) is 255 cm³/mol. The molecule has 0 spiro atoms. The molecule has 58 heavy (non-hydrogen) atoms. The molecule has 4 N–H and O–H groups in total. The largest absolute Gasteiger partial charge is 0.507 e. The van der Waals surface area contributed by atoms with E-state index in [-0.39, 0.29) is 23.0 Å². The fourth-order valence-electron chi connectivity index (χ4n) is 12.1. The second-order valence-electron chi connectivity index (χ2n) is 18.9. The summed E-state index contributed by atoms with van der Waals surface area (Å²) in [7, 11) is -4.65. The molecular weight excluding hydrogens is 745 g/mol. The number of rotatable bonds is 11. The summed E-state index contributed by atoms with van der Waals surface area (Å²) in [5, 5.41) is 56.2. The lowest BCUT2D eigenvalue weighted by Gasteiger charge is -2.44. The van der Waals surface area contributed by atoms with Gasteiger partial charge in [-0.1, -0.05) is 155 Å². The quantitative estimate of drug-likeness (QED) is 0.0983. The summed E-state index contributed by atoms with van der Waals surface area (Å²) in [5.74, 6) is 0.458. The van der Waals surface area contributed by atoms with Gasteiger partial charge in [-0.05, 0) is 103 Å². The average molecular weight is 811 g/mol. The van der Waals surface area contributed by atoms with Crippen LogP contribution < -0.4 is 10.4 Å². The lowest BCUT2D eigenvalue weighted by atomic mass is 9.86. The SMILES string of the molecule is Cc1cc(-c2cc3ccccc3c(-c3c(O)c(-c4cc(C)cc([Si](C(C)C)(C(C)C)C(C)C)c4O)cc4ccccc34)c2O)c(O)c([Si](C(C)C)(C(C)C)C(C)C)c1. The minimum Gasteiger partial charge on any atom is -0.507 e. The summed E-state index contributed by atoms with van der Waals surface area (Å²) in [5.41, 5.74) is 7.48. The second-order valence-corrected chi connectivity index (χ2v) is 30.7. The fourth-order valence-corrected chi connectivity index (χ4v) is 25.9. The number of aromatic hydroxyl groups is 4. The molecule has 0 aliphatic rings. The number of phenols is 4. The maximum atomic E-state index is 12.9. The molecule has 0 bridgehead atoms. The van der Waals surface area contributed by atoms with Crippen LogP contribution in [0.1, 0.15) is 94.2 Å². The topological polar surface area (TPSA) is 80.9 Å². The second kappa shape index (κ2) is 15.9. The van der Waals surface area contributed by atoms with Crippen LogP contribution in [0.25, 0.3) is 54.9 Å². The number of fused-ring (bicyclic) bond motifs is 2. The van der Waals surface area contributed by atoms with E-state index in [4.69, 9.17) is 0 Å². The Hall–Kier alpha value is -4.53. The molecule has 0 fully saturated rings. The number of hydrogen-bond donors (Lipinski definition) is 4. The van der Waals surface area contributed by atoms with Gasteiger partial charge in [-0.15, -0.1) is 0 Å². The van der Waals surface area contributed by atoms with Crippen LogP contribution in [0.5, 0.6) is 23.0 Å². The van der Waals surface area contributed by atoms with Gasteiger partial charge in [-0.2, -0.15) is 0 Å². The molecule has 0 unspecified atom stereocenters. The van der Waals surface area contributed by atoms with Gasteiger partial charge >= 0.3 is 0 Å². The van der Waals surface area contributed by atoms with E-state index >= 15 is 0 Å². The van der Waals surface area contributed by atoms with E-state index < -0.39 is 16.1 Å². The van der Waals surface area contributed by atoms with Crippen LogP contribution in [0, 0.1) is 13.8 Å². The van der Waals surface area contributed by atoms with Crippen molar-refractivity contribution < 1.29 is 20.4 Å². The Bertz CT molecular complexity index is 2290. The molecule has 306 valence electrons. The van der Waals surface area contributed by atoms with Crippen molar-refractivity contribution in [2.75, 3.05) is 0 Å². The highest BCUT2D eigenvalue weighted by molar-refractivity contribution is 6.96. The van der Waals surface area contributed by atoms with Crippen molar-refractivity contribution in [3.63, 3.8) is 0 Å². The number of aryl methyl sites for hydroxylation is 2. The number of phenolic OH excluding ortho intramolecular Hbond substituents is 4. The molecule has 6 aromatic rings. The Morgan fingerprint density at radius 1 is 0.362 bits per heavy atom. The molecule has 0 atom stereocenters. The van der Waals surface area contributed by atoms with Crippen molar-refractivity contribution in [2.24, 2.45) is 0 Å². The molecule has 0 saturated carbocycles. The minimum absolute atomic E-state index is 0.00550. The van der Waals surface area contributed by atoms with E-state index in [2.05, 4.69) is 109 Å². The van der Waals surface area contributed by atoms with Crippen LogP contribution in [-0.4, -0.2) is 36.6 Å². The maximum absolute atomic E-state index is 12.9. The van der Waals surface area contributed by atoms with E-state index in [1.54, 1.807) is 0 Å². The first-order valence-corrected chi connectivity index (χ1v) is 25.9. The van der Waals surface area contributed by atoms with Gasteiger partial charge in [0.25, 0.3) is 0 Å². The summed E-state index contributed by atoms with van der Waals surface area (Å²) in [6, 6.07) is 28.2. The Kier molecular flexibility index (Phi) is 11.8. The van der Waals surface area contributed by atoms with Crippen LogP contribution in [0.15, 0.2) is 84.9 Å². The molecule has 0 aliphatic heterocycles. The van der Waals surface area contributed by atoms with Gasteiger partial charge in [0.1, 0.15) is 23.0 Å². The van der Waals surface area contributed by atoms with Crippen LogP contribution in [0.2, 0.25) is 33.2 Å². The molecule has 0 amide bonds. The van der Waals surface area contributed by atoms with E-state index in [1.807, 2.05) is 72.8 Å². The monoisotopic (exact) mass is 810 g/mol. The Labute approximate surface area is 349 Å². The van der Waals surface area contributed by atoms with Crippen molar-refractivity contribution in [1.29, 1.82) is 0 Å². The Balaban J connectivity index is 1.75. The van der Waals surface area contributed by atoms with Crippen molar-refractivity contribution in [3.05, 3.63) is 96.1 Å². The van der Waals surface area contributed by atoms with E-state index in [0.29, 0.717) is 66.6 Å². The molecule has 0 radical (unpaired) electrons. The molecule has 0 heterocycles. The molecule has 0 aromatic heterocycles. The highest BCUT2D eigenvalue weighted by Crippen LogP contribution is 2.54. The predicted octanol–water partition coefficient (Wildman–Crippen LogP) is 14.2. The normalized spacial score (nSPS) is 12.8. The molecule has 4 nitrogen and oxygen atoms in total. The van der Waals surface area contributed by atoms with Gasteiger partial charge in [0.15, 0.2) is 0 Å². The first-order valence-electron chi connectivity index (χ1n) is 21.4. The van der Waals surface area contributed by atoms with Crippen LogP contribution in [0.3, 0.4) is 0 Å². The summed E-state index contributed by atoms with van der Waals surface area (Å²) < 4.78 is 0. The lowest BCUT2D eigenvalue weighted by Crippen LogP contribution is -2.55. The number of benzene rings is 6. The third-order valence-corrected chi connectivity index (χ3v) is 28.1. The zero-order chi connectivity index (χ0) is 42.8. The molecule has 6 rings (SSSR count). The van der Waals surface area contributed by atoms with Crippen LogP contribution in [0.4, 0.5) is 0 Å². The zero-order valence-electron chi connectivity index (χ0n) is 37.3. The van der Waals surface area contributed by atoms with Crippen LogP contribution >= 0.6 is 0 Å². The van der Waals surface area contributed by atoms with Crippen molar-refractivity contribution in [1.82, 2.24) is 0 Å². The average Bonchev–Trinajstić information content (AvgIpc) is 3.14. The van der Waals surface area contributed by atoms with Crippen molar-refractivity contribution in [3.8, 4) is 56.4 Å². The fraction of sp³-hybridized carbons (Fsp3) is 0.385. The Morgan fingerprint density at radius 2 is 0.638 bits per heavy atom. The lowest BCUT2D eigenvalue weighted by molar-refractivity contribution is 0.467. The van der Waals surface area contributed by atoms with Gasteiger partial charge in [0, 0.05) is 33.4 Å². The smallest absolute Gasteiger partial charge is 0.132 e. The van der Waals surface area contributed by atoms with E-state index in [1.165, 1.54) is 0 Å². The van der Waals surface area contributed by atoms with E-state index in [9.17, 15) is 20.4 Å². The number of hydrogen-bond acceptors (Lipinski definition) is 4. The van der Waals surface area contributed by atoms with Crippen LogP contribution in [-0.2, 0) is 0 Å². The maximum Gasteiger partial charge on any atom is 0.132 e. The summed E-state index contributed by atoms with van der Waals surface area (Å²) in [6.07, 6.45) is 0. The highest BCUT2D eigenvalue weighted by Gasteiger charge is 2.48. The first-order chi connectivity index (χ1) is 27.2. The Morgan fingerprint density at radius 3 is 0.931 bits per heavy atom. The molecule has 6 heteroatoms. The van der Waals surface area contributed by atoms with Gasteiger partial charge < -0.3 is 20.4 Å². The molecule has 0 aliphatic carbocycles. The van der Waals surface area contributed by atoms with Gasteiger partial charge in [-0.3, -0.25) is 0 Å². The summed E-state index contributed by atoms with van der Waals surface area (Å²) in [4.78, 5) is 0. The summed E-state index contributed by atoms with van der Waals surface area (Å²) >= 11 is 0. The van der Waals surface area contributed by atoms with E-state index in [0.717, 1.165) is 43.0 Å². The third-order valence-electron chi connectivity index (χ3n) is 14.0. The molecular formula is C52H66O4Si2. The van der Waals surface area contributed by atoms with Gasteiger partial charge in [0.2, 0.25) is 0 Å². The van der Waals surface area contributed by atoms with Crippen molar-refractivity contribution >= 4 is 48.1 Å². The zero-order valence-corrected chi connectivity index (χ0v) is 39.3. The first kappa shape index (κ1) is 43.1. The molecule has 6 aromatic carbocycles. The minimum atomic E-state index is -2.33. The van der Waals surface area contributed by atoms with Gasteiger partial charge in [-0.25, -0.2) is 0 Å². The van der Waals surface area contributed by atoms with Gasteiger partial charge in [0.05, 0.1) is 16.1 Å². The molecule has 0 saturated heterocycles.